The maximum atomic E-state index is 12.9. The Balaban J connectivity index is 2.94. The minimum absolute atomic E-state index is 0.0717. The monoisotopic (exact) mass is 350 g/mol. The highest BCUT2D eigenvalue weighted by atomic mass is 16.5. The number of hydrogen-bond acceptors (Lipinski definition) is 4. The summed E-state index contributed by atoms with van der Waals surface area (Å²) in [4.78, 5) is 29.5. The lowest BCUT2D eigenvalue weighted by molar-refractivity contribution is 0.0502. The van der Waals surface area contributed by atoms with Crippen LogP contribution in [0.1, 0.15) is 94.0 Å². The van der Waals surface area contributed by atoms with E-state index < -0.39 is 5.97 Å². The molecular weight excluding hydrogens is 316 g/mol. The van der Waals surface area contributed by atoms with E-state index in [0.29, 0.717) is 12.2 Å². The number of carbonyl (C=O) groups is 1. The van der Waals surface area contributed by atoms with Crippen LogP contribution in [0.2, 0.25) is 0 Å². The molecule has 0 saturated carbocycles. The van der Waals surface area contributed by atoms with Crippen LogP contribution in [0.4, 0.5) is 0 Å². The molecule has 0 aromatic carbocycles. The first kappa shape index (κ1) is 21.4. The van der Waals surface area contributed by atoms with Crippen LogP contribution in [-0.4, -0.2) is 22.1 Å². The van der Waals surface area contributed by atoms with Crippen LogP contribution >= 0.6 is 0 Å². The van der Waals surface area contributed by atoms with Gasteiger partial charge in [-0.15, -0.1) is 0 Å². The number of unbranched alkanes of at least 4 members (excludes halogenated alkanes) is 6. The number of hydrogen-bond donors (Lipinski definition) is 0. The molecule has 0 radical (unpaired) electrons. The normalized spacial score (nSPS) is 10.9. The van der Waals surface area contributed by atoms with Crippen molar-refractivity contribution in [2.45, 2.75) is 92.0 Å². The summed E-state index contributed by atoms with van der Waals surface area (Å²) in [6.45, 7) is 8.64. The Labute approximate surface area is 151 Å². The van der Waals surface area contributed by atoms with Crippen molar-refractivity contribution in [1.82, 2.24) is 9.55 Å². The largest absolute Gasteiger partial charge is 0.460 e. The van der Waals surface area contributed by atoms with Gasteiger partial charge in [0.05, 0.1) is 6.61 Å². The molecule has 0 amide bonds. The summed E-state index contributed by atoms with van der Waals surface area (Å²) in [5, 5.41) is 0. The first-order chi connectivity index (χ1) is 12.1. The minimum atomic E-state index is -0.509. The Bertz CT molecular complexity index is 593. The van der Waals surface area contributed by atoms with Gasteiger partial charge >= 0.3 is 5.97 Å². The molecule has 0 aliphatic rings. The SMILES string of the molecule is CCCCCCCCc1c(C)nc(C(=O)OCC)n(CCCC)c1=O. The molecule has 0 aliphatic carbocycles. The summed E-state index contributed by atoms with van der Waals surface area (Å²) < 4.78 is 6.59. The molecule has 0 fully saturated rings. The Morgan fingerprint density at radius 3 is 2.28 bits per heavy atom. The van der Waals surface area contributed by atoms with Gasteiger partial charge in [0.25, 0.3) is 5.56 Å². The first-order valence-corrected chi connectivity index (χ1v) is 9.84. The van der Waals surface area contributed by atoms with Gasteiger partial charge in [-0.25, -0.2) is 9.78 Å². The Hall–Kier alpha value is -1.65. The van der Waals surface area contributed by atoms with E-state index in [1.807, 2.05) is 6.92 Å². The molecule has 0 aliphatic heterocycles. The van der Waals surface area contributed by atoms with Crippen molar-refractivity contribution in [3.63, 3.8) is 0 Å². The third-order valence-electron chi connectivity index (χ3n) is 4.44. The quantitative estimate of drug-likeness (QED) is 0.413. The van der Waals surface area contributed by atoms with E-state index in [9.17, 15) is 9.59 Å². The van der Waals surface area contributed by atoms with Crippen LogP contribution < -0.4 is 5.56 Å². The number of esters is 1. The van der Waals surface area contributed by atoms with E-state index in [1.165, 1.54) is 30.3 Å². The summed E-state index contributed by atoms with van der Waals surface area (Å²) >= 11 is 0. The summed E-state index contributed by atoms with van der Waals surface area (Å²) in [6, 6.07) is 0. The zero-order chi connectivity index (χ0) is 18.7. The molecule has 25 heavy (non-hydrogen) atoms. The molecule has 5 heteroatoms. The fourth-order valence-electron chi connectivity index (χ4n) is 2.95. The first-order valence-electron chi connectivity index (χ1n) is 9.84. The van der Waals surface area contributed by atoms with E-state index >= 15 is 0 Å². The number of ether oxygens (including phenoxy) is 1. The van der Waals surface area contributed by atoms with Crippen molar-refractivity contribution in [2.24, 2.45) is 0 Å². The molecule has 1 rings (SSSR count). The van der Waals surface area contributed by atoms with Gasteiger partial charge < -0.3 is 4.74 Å². The van der Waals surface area contributed by atoms with Crippen LogP contribution in [0, 0.1) is 6.92 Å². The summed E-state index contributed by atoms with van der Waals surface area (Å²) in [7, 11) is 0. The molecule has 1 aromatic heterocycles. The zero-order valence-electron chi connectivity index (χ0n) is 16.4. The lowest BCUT2D eigenvalue weighted by Crippen LogP contribution is -2.32. The zero-order valence-corrected chi connectivity index (χ0v) is 16.4. The van der Waals surface area contributed by atoms with Gasteiger partial charge in [0, 0.05) is 17.8 Å². The van der Waals surface area contributed by atoms with E-state index in [0.717, 1.165) is 37.7 Å². The van der Waals surface area contributed by atoms with Gasteiger partial charge in [-0.2, -0.15) is 0 Å². The van der Waals surface area contributed by atoms with E-state index in [1.54, 1.807) is 6.92 Å². The molecule has 0 spiro atoms. The van der Waals surface area contributed by atoms with Gasteiger partial charge in [0.2, 0.25) is 5.82 Å². The fourth-order valence-corrected chi connectivity index (χ4v) is 2.95. The van der Waals surface area contributed by atoms with E-state index in [-0.39, 0.29) is 18.0 Å². The average molecular weight is 351 g/mol. The summed E-state index contributed by atoms with van der Waals surface area (Å²) in [5.74, 6) is -0.366. The Morgan fingerprint density at radius 2 is 1.64 bits per heavy atom. The predicted molar refractivity (Wildman–Crippen MR) is 101 cm³/mol. The van der Waals surface area contributed by atoms with Crippen molar-refractivity contribution >= 4 is 5.97 Å². The maximum absolute atomic E-state index is 12.9. The Kier molecular flexibility index (Phi) is 10.1. The van der Waals surface area contributed by atoms with Crippen LogP contribution in [0.3, 0.4) is 0 Å². The molecule has 0 N–H and O–H groups in total. The second-order valence-corrected chi connectivity index (χ2v) is 6.55. The molecule has 1 heterocycles. The van der Waals surface area contributed by atoms with E-state index in [2.05, 4.69) is 18.8 Å². The average Bonchev–Trinajstić information content (AvgIpc) is 2.59. The number of nitrogens with zero attached hydrogens (tertiary/aromatic N) is 2. The van der Waals surface area contributed by atoms with Crippen molar-refractivity contribution < 1.29 is 9.53 Å². The summed E-state index contributed by atoms with van der Waals surface area (Å²) in [6.07, 6.45) is 9.64. The van der Waals surface area contributed by atoms with Crippen molar-refractivity contribution in [2.75, 3.05) is 6.61 Å². The van der Waals surface area contributed by atoms with Gasteiger partial charge in [-0.05, 0) is 33.1 Å². The maximum Gasteiger partial charge on any atom is 0.374 e. The number of carbonyl (C=O) groups excluding carboxylic acids is 1. The third-order valence-corrected chi connectivity index (χ3v) is 4.44. The van der Waals surface area contributed by atoms with Crippen molar-refractivity contribution in [3.05, 3.63) is 27.4 Å². The smallest absolute Gasteiger partial charge is 0.374 e. The summed E-state index contributed by atoms with van der Waals surface area (Å²) in [5.41, 5.74) is 1.34. The second kappa shape index (κ2) is 11.8. The van der Waals surface area contributed by atoms with Crippen molar-refractivity contribution in [1.29, 1.82) is 0 Å². The lowest BCUT2D eigenvalue weighted by Gasteiger charge is -2.14. The number of aromatic nitrogens is 2. The van der Waals surface area contributed by atoms with Crippen LogP contribution in [0.5, 0.6) is 0 Å². The highest BCUT2D eigenvalue weighted by Gasteiger charge is 2.19. The van der Waals surface area contributed by atoms with Gasteiger partial charge in [-0.3, -0.25) is 9.36 Å². The lowest BCUT2D eigenvalue weighted by atomic mass is 10.0. The highest BCUT2D eigenvalue weighted by Crippen LogP contribution is 2.11. The molecule has 0 bridgehead atoms. The molecule has 5 nitrogen and oxygen atoms in total. The molecular formula is C20H34N2O3. The third kappa shape index (κ3) is 6.63. The molecule has 142 valence electrons. The fraction of sp³-hybridized carbons (Fsp3) is 0.750. The standard InChI is InChI=1S/C20H34N2O3/c1-5-8-10-11-12-13-14-17-16(4)21-18(20(24)25-7-3)22(19(17)23)15-9-6-2/h5-15H2,1-4H3. The second-order valence-electron chi connectivity index (χ2n) is 6.55. The van der Waals surface area contributed by atoms with E-state index in [4.69, 9.17) is 4.74 Å². The Morgan fingerprint density at radius 1 is 1.00 bits per heavy atom. The van der Waals surface area contributed by atoms with Crippen LogP contribution in [-0.2, 0) is 17.7 Å². The molecule has 0 unspecified atom stereocenters. The number of rotatable bonds is 12. The van der Waals surface area contributed by atoms with Crippen molar-refractivity contribution in [3.8, 4) is 0 Å². The predicted octanol–water partition coefficient (Wildman–Crippen LogP) is 4.43. The minimum Gasteiger partial charge on any atom is -0.460 e. The molecule has 0 atom stereocenters. The topological polar surface area (TPSA) is 61.2 Å². The van der Waals surface area contributed by atoms with Crippen LogP contribution in [0.15, 0.2) is 4.79 Å². The molecule has 0 saturated heterocycles. The van der Waals surface area contributed by atoms with Gasteiger partial charge in [-0.1, -0.05) is 52.4 Å². The number of aryl methyl sites for hydroxylation is 1. The van der Waals surface area contributed by atoms with Crippen LogP contribution in [0.25, 0.3) is 0 Å². The van der Waals surface area contributed by atoms with Gasteiger partial charge in [0.15, 0.2) is 0 Å². The molecule has 1 aromatic rings. The highest BCUT2D eigenvalue weighted by molar-refractivity contribution is 5.85. The van der Waals surface area contributed by atoms with Gasteiger partial charge in [0.1, 0.15) is 0 Å².